The smallest absolute Gasteiger partial charge is 0.145 e. The Kier molecular flexibility index (Phi) is 3.42. The van der Waals surface area contributed by atoms with E-state index >= 15 is 0 Å². The lowest BCUT2D eigenvalue weighted by Crippen LogP contribution is -1.98. The van der Waals surface area contributed by atoms with Gasteiger partial charge in [-0.3, -0.25) is 4.98 Å². The van der Waals surface area contributed by atoms with E-state index in [0.717, 1.165) is 28.3 Å². The van der Waals surface area contributed by atoms with Crippen LogP contribution in [0.15, 0.2) is 66.9 Å². The summed E-state index contributed by atoms with van der Waals surface area (Å²) in [6, 6.07) is 20.3. The van der Waals surface area contributed by atoms with Gasteiger partial charge in [-0.2, -0.15) is 0 Å². The second-order valence-electron chi connectivity index (χ2n) is 4.43. The lowest BCUT2D eigenvalue weighted by Gasteiger charge is -2.10. The van der Waals surface area contributed by atoms with Gasteiger partial charge in [0.25, 0.3) is 0 Å². The van der Waals surface area contributed by atoms with Crippen molar-refractivity contribution < 1.29 is 0 Å². The van der Waals surface area contributed by atoms with E-state index < -0.39 is 0 Å². The third kappa shape index (κ3) is 2.38. The fourth-order valence-electron chi connectivity index (χ4n) is 2.11. The highest BCUT2D eigenvalue weighted by molar-refractivity contribution is 5.78. The third-order valence-corrected chi connectivity index (χ3v) is 3.12. The van der Waals surface area contributed by atoms with Gasteiger partial charge < -0.3 is 5.32 Å². The summed E-state index contributed by atoms with van der Waals surface area (Å²) in [5.41, 5.74) is 3.93. The molecule has 3 rings (SSSR count). The van der Waals surface area contributed by atoms with Gasteiger partial charge in [0, 0.05) is 18.2 Å². The molecule has 1 N–H and O–H groups in total. The average Bonchev–Trinajstić information content (AvgIpc) is 2.56. The second kappa shape index (κ2) is 5.53. The van der Waals surface area contributed by atoms with Crippen LogP contribution in [0.5, 0.6) is 0 Å². The van der Waals surface area contributed by atoms with Crippen LogP contribution in [-0.4, -0.2) is 17.0 Å². The molecule has 20 heavy (non-hydrogen) atoms. The number of nitrogens with one attached hydrogen (secondary N) is 1. The van der Waals surface area contributed by atoms with E-state index in [1.54, 1.807) is 6.20 Å². The topological polar surface area (TPSA) is 37.8 Å². The van der Waals surface area contributed by atoms with Crippen LogP contribution in [0.4, 0.5) is 5.82 Å². The number of rotatable bonds is 3. The van der Waals surface area contributed by atoms with Crippen molar-refractivity contribution in [2.75, 3.05) is 12.4 Å². The minimum atomic E-state index is 0.767. The summed E-state index contributed by atoms with van der Waals surface area (Å²) in [6.45, 7) is 0. The molecule has 3 nitrogen and oxygen atoms in total. The molecule has 3 heteroatoms. The highest BCUT2D eigenvalue weighted by atomic mass is 15.0. The quantitative estimate of drug-likeness (QED) is 0.778. The molecule has 0 amide bonds. The Hall–Kier alpha value is -2.68. The molecular weight excluding hydrogens is 246 g/mol. The number of anilines is 1. The maximum Gasteiger partial charge on any atom is 0.145 e. The van der Waals surface area contributed by atoms with E-state index in [1.807, 2.05) is 43.4 Å². The number of benzene rings is 2. The Morgan fingerprint density at radius 1 is 0.750 bits per heavy atom. The molecule has 0 bridgehead atoms. The van der Waals surface area contributed by atoms with E-state index in [0.29, 0.717) is 0 Å². The molecule has 0 saturated heterocycles. The summed E-state index contributed by atoms with van der Waals surface area (Å²) in [4.78, 5) is 9.24. The zero-order valence-corrected chi connectivity index (χ0v) is 11.2. The van der Waals surface area contributed by atoms with Gasteiger partial charge >= 0.3 is 0 Å². The molecule has 3 aromatic rings. The van der Waals surface area contributed by atoms with Crippen molar-refractivity contribution in [1.82, 2.24) is 9.97 Å². The zero-order valence-electron chi connectivity index (χ0n) is 11.2. The average molecular weight is 261 g/mol. The molecular formula is C17H15N3. The van der Waals surface area contributed by atoms with E-state index in [-0.39, 0.29) is 0 Å². The number of hydrogen-bond acceptors (Lipinski definition) is 3. The molecule has 0 fully saturated rings. The summed E-state index contributed by atoms with van der Waals surface area (Å²) in [5, 5.41) is 3.04. The molecule has 0 saturated carbocycles. The van der Waals surface area contributed by atoms with Gasteiger partial charge in [0.05, 0.1) is 17.6 Å². The number of aromatic nitrogens is 2. The van der Waals surface area contributed by atoms with Crippen LogP contribution in [-0.2, 0) is 0 Å². The summed E-state index contributed by atoms with van der Waals surface area (Å²) >= 11 is 0. The molecule has 0 spiro atoms. The largest absolute Gasteiger partial charge is 0.372 e. The van der Waals surface area contributed by atoms with Crippen molar-refractivity contribution >= 4 is 5.82 Å². The van der Waals surface area contributed by atoms with Crippen molar-refractivity contribution in [3.05, 3.63) is 66.9 Å². The normalized spacial score (nSPS) is 10.2. The molecule has 1 heterocycles. The van der Waals surface area contributed by atoms with E-state index in [4.69, 9.17) is 0 Å². The summed E-state index contributed by atoms with van der Waals surface area (Å²) in [6.07, 6.45) is 1.76. The molecule has 0 unspecified atom stereocenters. The predicted molar refractivity (Wildman–Crippen MR) is 82.5 cm³/mol. The van der Waals surface area contributed by atoms with Crippen LogP contribution >= 0.6 is 0 Å². The van der Waals surface area contributed by atoms with Gasteiger partial charge in [0.15, 0.2) is 0 Å². The lowest BCUT2D eigenvalue weighted by atomic mass is 10.0. The molecule has 0 radical (unpaired) electrons. The van der Waals surface area contributed by atoms with Crippen LogP contribution in [0, 0.1) is 0 Å². The van der Waals surface area contributed by atoms with Crippen LogP contribution in [0.25, 0.3) is 22.5 Å². The van der Waals surface area contributed by atoms with Crippen LogP contribution in [0.1, 0.15) is 0 Å². The van der Waals surface area contributed by atoms with Crippen LogP contribution < -0.4 is 5.32 Å². The standard InChI is InChI=1S/C17H15N3/c1-18-15-12-19-16(13-8-4-2-5-9-13)17(20-15)14-10-6-3-7-11-14/h2-12H,1H3,(H,18,20). The fraction of sp³-hybridized carbons (Fsp3) is 0.0588. The van der Waals surface area contributed by atoms with E-state index in [1.165, 1.54) is 0 Å². The first-order chi connectivity index (χ1) is 9.88. The number of hydrogen-bond donors (Lipinski definition) is 1. The fourth-order valence-corrected chi connectivity index (χ4v) is 2.11. The van der Waals surface area contributed by atoms with Gasteiger partial charge in [-0.15, -0.1) is 0 Å². The first kappa shape index (κ1) is 12.4. The van der Waals surface area contributed by atoms with Gasteiger partial charge in [0.1, 0.15) is 5.82 Å². The lowest BCUT2D eigenvalue weighted by molar-refractivity contribution is 1.19. The van der Waals surface area contributed by atoms with Gasteiger partial charge in [0.2, 0.25) is 0 Å². The Morgan fingerprint density at radius 3 is 1.85 bits per heavy atom. The monoisotopic (exact) mass is 261 g/mol. The second-order valence-corrected chi connectivity index (χ2v) is 4.43. The van der Waals surface area contributed by atoms with E-state index in [2.05, 4.69) is 39.6 Å². The minimum Gasteiger partial charge on any atom is -0.372 e. The summed E-state index contributed by atoms with van der Waals surface area (Å²) < 4.78 is 0. The van der Waals surface area contributed by atoms with Gasteiger partial charge in [-0.1, -0.05) is 60.7 Å². The molecule has 0 aliphatic carbocycles. The molecule has 98 valence electrons. The molecule has 0 atom stereocenters. The van der Waals surface area contributed by atoms with Crippen molar-refractivity contribution in [2.45, 2.75) is 0 Å². The minimum absolute atomic E-state index is 0.767. The molecule has 1 aromatic heterocycles. The Balaban J connectivity index is 2.20. The van der Waals surface area contributed by atoms with E-state index in [9.17, 15) is 0 Å². The van der Waals surface area contributed by atoms with Gasteiger partial charge in [-0.05, 0) is 0 Å². The first-order valence-electron chi connectivity index (χ1n) is 6.54. The zero-order chi connectivity index (χ0) is 13.8. The molecule has 2 aromatic carbocycles. The van der Waals surface area contributed by atoms with Crippen molar-refractivity contribution in [3.8, 4) is 22.5 Å². The van der Waals surface area contributed by atoms with Crippen molar-refractivity contribution in [3.63, 3.8) is 0 Å². The Labute approximate surface area is 118 Å². The molecule has 0 aliphatic rings. The van der Waals surface area contributed by atoms with Crippen molar-refractivity contribution in [1.29, 1.82) is 0 Å². The Bertz CT molecular complexity index is 694. The Morgan fingerprint density at radius 2 is 1.30 bits per heavy atom. The van der Waals surface area contributed by atoms with Crippen LogP contribution in [0.2, 0.25) is 0 Å². The molecule has 0 aliphatic heterocycles. The third-order valence-electron chi connectivity index (χ3n) is 3.12. The highest BCUT2D eigenvalue weighted by Crippen LogP contribution is 2.29. The highest BCUT2D eigenvalue weighted by Gasteiger charge is 2.11. The SMILES string of the molecule is CNc1cnc(-c2ccccc2)c(-c2ccccc2)n1. The first-order valence-corrected chi connectivity index (χ1v) is 6.54. The summed E-state index contributed by atoms with van der Waals surface area (Å²) in [5.74, 6) is 0.767. The van der Waals surface area contributed by atoms with Crippen molar-refractivity contribution in [2.24, 2.45) is 0 Å². The van der Waals surface area contributed by atoms with Gasteiger partial charge in [-0.25, -0.2) is 4.98 Å². The summed E-state index contributed by atoms with van der Waals surface area (Å²) in [7, 11) is 1.85. The maximum absolute atomic E-state index is 4.66. The predicted octanol–water partition coefficient (Wildman–Crippen LogP) is 3.85. The number of nitrogens with zero attached hydrogens (tertiary/aromatic N) is 2. The maximum atomic E-state index is 4.66. The van der Waals surface area contributed by atoms with Crippen LogP contribution in [0.3, 0.4) is 0 Å².